The average Bonchev–Trinajstić information content (AvgIpc) is 2.35. The Labute approximate surface area is 134 Å². The van der Waals surface area contributed by atoms with Gasteiger partial charge < -0.3 is 10.4 Å². The third-order valence-corrected chi connectivity index (χ3v) is 4.45. The summed E-state index contributed by atoms with van der Waals surface area (Å²) < 4.78 is 60.5. The molecule has 23 heavy (non-hydrogen) atoms. The zero-order valence-corrected chi connectivity index (χ0v) is 12.9. The monoisotopic (exact) mass is 373 g/mol. The van der Waals surface area contributed by atoms with Crippen LogP contribution in [0, 0.1) is 0 Å². The lowest BCUT2D eigenvalue weighted by Gasteiger charge is -2.16. The van der Waals surface area contributed by atoms with E-state index in [9.17, 15) is 31.2 Å². The number of hydrogen-bond acceptors (Lipinski definition) is 4. The number of aliphatic carboxylic acids is 1. The number of carboxylic acid groups (broad SMARTS) is 1. The molecular weight excluding hydrogens is 363 g/mol. The van der Waals surface area contributed by atoms with E-state index in [1.807, 2.05) is 0 Å². The average molecular weight is 374 g/mol. The summed E-state index contributed by atoms with van der Waals surface area (Å²) in [6, 6.07) is 2.50. The van der Waals surface area contributed by atoms with E-state index >= 15 is 0 Å². The van der Waals surface area contributed by atoms with Crippen molar-refractivity contribution < 1.29 is 36.3 Å². The molecular formula is C12H11ClF3NO5S. The van der Waals surface area contributed by atoms with Crippen molar-refractivity contribution >= 4 is 33.3 Å². The van der Waals surface area contributed by atoms with Crippen LogP contribution in [0.4, 0.5) is 13.2 Å². The number of nitrogens with one attached hydrogen (secondary N) is 1. The molecule has 2 N–H and O–H groups in total. The highest BCUT2D eigenvalue weighted by molar-refractivity contribution is 7.92. The molecule has 0 aliphatic rings. The predicted octanol–water partition coefficient (Wildman–Crippen LogP) is 1.64. The fourth-order valence-corrected chi connectivity index (χ4v) is 2.84. The molecule has 6 nitrogen and oxygen atoms in total. The standard InChI is InChI=1S/C12H11ClF3NO5S/c13-7-1-3-8(4-2-7)23(21,22)6-10(18)17-9(11(19)20)5-12(14,15)16/h1-4,9H,5-6H2,(H,17,18)(H,19,20). The molecule has 0 aromatic heterocycles. The maximum Gasteiger partial charge on any atom is 0.391 e. The summed E-state index contributed by atoms with van der Waals surface area (Å²) in [7, 11) is -4.14. The number of rotatable bonds is 6. The highest BCUT2D eigenvalue weighted by Gasteiger charge is 2.36. The van der Waals surface area contributed by atoms with E-state index in [1.165, 1.54) is 12.1 Å². The second-order valence-corrected chi connectivity index (χ2v) is 6.92. The van der Waals surface area contributed by atoms with Crippen LogP contribution in [0.15, 0.2) is 29.2 Å². The van der Waals surface area contributed by atoms with Gasteiger partial charge in [-0.2, -0.15) is 13.2 Å². The van der Waals surface area contributed by atoms with Gasteiger partial charge in [0, 0.05) is 5.02 Å². The van der Waals surface area contributed by atoms with Gasteiger partial charge in [-0.25, -0.2) is 13.2 Å². The van der Waals surface area contributed by atoms with Crippen molar-refractivity contribution in [3.05, 3.63) is 29.3 Å². The van der Waals surface area contributed by atoms with E-state index in [1.54, 1.807) is 5.32 Å². The van der Waals surface area contributed by atoms with Gasteiger partial charge >= 0.3 is 12.1 Å². The molecule has 128 valence electrons. The lowest BCUT2D eigenvalue weighted by molar-refractivity contribution is -0.159. The first-order valence-electron chi connectivity index (χ1n) is 5.98. The lowest BCUT2D eigenvalue weighted by atomic mass is 10.2. The molecule has 0 aliphatic carbocycles. The van der Waals surface area contributed by atoms with Gasteiger partial charge in [0.2, 0.25) is 5.91 Å². The summed E-state index contributed by atoms with van der Waals surface area (Å²) >= 11 is 5.59. The van der Waals surface area contributed by atoms with Crippen LogP contribution in [0.5, 0.6) is 0 Å². The molecule has 0 spiro atoms. The Kier molecular flexibility index (Phi) is 6.00. The third-order valence-electron chi connectivity index (χ3n) is 2.56. The number of benzene rings is 1. The quantitative estimate of drug-likeness (QED) is 0.789. The number of carbonyl (C=O) groups is 2. The van der Waals surface area contributed by atoms with Gasteiger partial charge in [-0.1, -0.05) is 11.6 Å². The summed E-state index contributed by atoms with van der Waals surface area (Å²) in [6.45, 7) is 0. The van der Waals surface area contributed by atoms with E-state index in [2.05, 4.69) is 0 Å². The fourth-order valence-electron chi connectivity index (χ4n) is 1.57. The molecule has 1 atom stereocenters. The van der Waals surface area contributed by atoms with Crippen molar-refractivity contribution in [2.45, 2.75) is 23.5 Å². The topological polar surface area (TPSA) is 101 Å². The van der Waals surface area contributed by atoms with Gasteiger partial charge in [-0.15, -0.1) is 0 Å². The normalized spacial score (nSPS) is 13.4. The van der Waals surface area contributed by atoms with Gasteiger partial charge in [-0.05, 0) is 24.3 Å². The van der Waals surface area contributed by atoms with Crippen molar-refractivity contribution in [1.82, 2.24) is 5.32 Å². The maximum atomic E-state index is 12.2. The minimum absolute atomic E-state index is 0.254. The molecule has 0 bridgehead atoms. The van der Waals surface area contributed by atoms with E-state index in [0.717, 1.165) is 12.1 Å². The molecule has 0 fully saturated rings. The van der Waals surface area contributed by atoms with Crippen molar-refractivity contribution in [1.29, 1.82) is 0 Å². The van der Waals surface area contributed by atoms with Gasteiger partial charge in [0.05, 0.1) is 11.3 Å². The molecule has 0 saturated heterocycles. The number of carboxylic acids is 1. The number of amides is 1. The van der Waals surface area contributed by atoms with Crippen LogP contribution in [0.3, 0.4) is 0 Å². The Bertz CT molecular complexity index is 688. The second-order valence-electron chi connectivity index (χ2n) is 4.49. The molecule has 0 heterocycles. The molecule has 0 aliphatic heterocycles. The van der Waals surface area contributed by atoms with Crippen LogP contribution >= 0.6 is 11.6 Å². The molecule has 0 radical (unpaired) electrons. The Hall–Kier alpha value is -1.81. The van der Waals surface area contributed by atoms with Crippen LogP contribution in [0.25, 0.3) is 0 Å². The van der Waals surface area contributed by atoms with Gasteiger partial charge in [0.15, 0.2) is 9.84 Å². The van der Waals surface area contributed by atoms with Crippen LogP contribution in [0.1, 0.15) is 6.42 Å². The smallest absolute Gasteiger partial charge is 0.391 e. The minimum atomic E-state index is -4.83. The number of carbonyl (C=O) groups excluding carboxylic acids is 1. The summed E-state index contributed by atoms with van der Waals surface area (Å²) in [6.07, 6.45) is -6.64. The SMILES string of the molecule is O=C(CS(=O)(=O)c1ccc(Cl)cc1)NC(CC(F)(F)F)C(=O)O. The number of alkyl halides is 3. The maximum absolute atomic E-state index is 12.2. The van der Waals surface area contributed by atoms with Gasteiger partial charge in [0.1, 0.15) is 11.8 Å². The van der Waals surface area contributed by atoms with E-state index in [-0.39, 0.29) is 9.92 Å². The Morgan fingerprint density at radius 3 is 2.17 bits per heavy atom. The predicted molar refractivity (Wildman–Crippen MR) is 73.7 cm³/mol. The molecule has 0 saturated carbocycles. The zero-order chi connectivity index (χ0) is 17.8. The molecule has 1 rings (SSSR count). The molecule has 1 aromatic rings. The summed E-state index contributed by atoms with van der Waals surface area (Å²) in [4.78, 5) is 22.0. The second kappa shape index (κ2) is 7.18. The molecule has 1 unspecified atom stereocenters. The van der Waals surface area contributed by atoms with Crippen LogP contribution in [0.2, 0.25) is 5.02 Å². The van der Waals surface area contributed by atoms with Crippen molar-refractivity contribution in [2.24, 2.45) is 0 Å². The summed E-state index contributed by atoms with van der Waals surface area (Å²) in [5.74, 6) is -4.45. The zero-order valence-electron chi connectivity index (χ0n) is 11.3. The van der Waals surface area contributed by atoms with Gasteiger partial charge in [-0.3, -0.25) is 4.79 Å². The van der Waals surface area contributed by atoms with Crippen LogP contribution < -0.4 is 5.32 Å². The van der Waals surface area contributed by atoms with Crippen molar-refractivity contribution in [3.8, 4) is 0 Å². The van der Waals surface area contributed by atoms with Crippen LogP contribution in [-0.4, -0.2) is 43.4 Å². The fraction of sp³-hybridized carbons (Fsp3) is 0.333. The number of halogens is 4. The molecule has 11 heteroatoms. The largest absolute Gasteiger partial charge is 0.480 e. The minimum Gasteiger partial charge on any atom is -0.480 e. The summed E-state index contributed by atoms with van der Waals surface area (Å²) in [5.41, 5.74) is 0. The van der Waals surface area contributed by atoms with E-state index in [4.69, 9.17) is 16.7 Å². The first-order chi connectivity index (χ1) is 10.4. The van der Waals surface area contributed by atoms with Gasteiger partial charge in [0.25, 0.3) is 0 Å². The number of hydrogen-bond donors (Lipinski definition) is 2. The number of sulfone groups is 1. The first-order valence-corrected chi connectivity index (χ1v) is 8.01. The Morgan fingerprint density at radius 2 is 1.74 bits per heavy atom. The Balaban J connectivity index is 2.81. The van der Waals surface area contributed by atoms with Crippen molar-refractivity contribution in [3.63, 3.8) is 0 Å². The molecule has 1 amide bonds. The first kappa shape index (κ1) is 19.2. The highest BCUT2D eigenvalue weighted by atomic mass is 35.5. The van der Waals surface area contributed by atoms with Crippen molar-refractivity contribution in [2.75, 3.05) is 5.75 Å². The summed E-state index contributed by atoms with van der Waals surface area (Å²) in [5, 5.41) is 10.5. The highest BCUT2D eigenvalue weighted by Crippen LogP contribution is 2.22. The lowest BCUT2D eigenvalue weighted by Crippen LogP contribution is -2.45. The Morgan fingerprint density at radius 1 is 1.22 bits per heavy atom. The third kappa shape index (κ3) is 6.45. The van der Waals surface area contributed by atoms with E-state index < -0.39 is 46.1 Å². The van der Waals surface area contributed by atoms with E-state index in [0.29, 0.717) is 0 Å². The molecule has 1 aromatic carbocycles. The van der Waals surface area contributed by atoms with Crippen LogP contribution in [-0.2, 0) is 19.4 Å².